The molecule has 1 aliphatic heterocycles. The monoisotopic (exact) mass is 528 g/mol. The zero-order valence-corrected chi connectivity index (χ0v) is 22.4. The Morgan fingerprint density at radius 1 is 1.21 bits per heavy atom. The van der Waals surface area contributed by atoms with Crippen LogP contribution in [0, 0.1) is 18.3 Å². The lowest BCUT2D eigenvalue weighted by atomic mass is 9.76. The number of aliphatic hydroxyl groups is 1. The summed E-state index contributed by atoms with van der Waals surface area (Å²) in [5.41, 5.74) is 3.48. The predicted molar refractivity (Wildman–Crippen MR) is 147 cm³/mol. The van der Waals surface area contributed by atoms with Crippen molar-refractivity contribution in [2.75, 3.05) is 0 Å². The van der Waals surface area contributed by atoms with Crippen molar-refractivity contribution in [3.05, 3.63) is 76.4 Å². The van der Waals surface area contributed by atoms with Crippen LogP contribution in [0.5, 0.6) is 0 Å². The molecule has 0 saturated heterocycles. The summed E-state index contributed by atoms with van der Waals surface area (Å²) in [7, 11) is 0. The van der Waals surface area contributed by atoms with E-state index in [1.54, 1.807) is 24.9 Å². The maximum atomic E-state index is 13.3. The number of hydrogen-bond acceptors (Lipinski definition) is 8. The molecule has 1 unspecified atom stereocenters. The number of esters is 1. The van der Waals surface area contributed by atoms with E-state index in [1.165, 1.54) is 0 Å². The lowest BCUT2D eigenvalue weighted by Gasteiger charge is -2.42. The Morgan fingerprint density at radius 2 is 1.97 bits per heavy atom. The average Bonchev–Trinajstić information content (AvgIpc) is 3.66. The molecular weight excluding hydrogens is 494 g/mol. The molecule has 3 aromatic rings. The van der Waals surface area contributed by atoms with Crippen LogP contribution in [-0.2, 0) is 22.4 Å². The Kier molecular flexibility index (Phi) is 7.77. The number of carbonyl (C=O) groups is 1. The van der Waals surface area contributed by atoms with E-state index >= 15 is 0 Å². The second kappa shape index (κ2) is 11.4. The smallest absolute Gasteiger partial charge is 0.338 e. The van der Waals surface area contributed by atoms with Gasteiger partial charge in [0.1, 0.15) is 17.6 Å². The normalized spacial score (nSPS) is 19.8. The lowest BCUT2D eigenvalue weighted by molar-refractivity contribution is -0.167. The molecule has 0 bridgehead atoms. The zero-order valence-electron chi connectivity index (χ0n) is 22.4. The molecule has 2 N–H and O–H groups in total. The summed E-state index contributed by atoms with van der Waals surface area (Å²) in [6.45, 7) is 3.97. The Morgan fingerprint density at radius 3 is 2.64 bits per heavy atom. The average molecular weight is 529 g/mol. The van der Waals surface area contributed by atoms with Gasteiger partial charge < -0.3 is 35.0 Å². The van der Waals surface area contributed by atoms with Crippen LogP contribution in [0.4, 0.5) is 5.95 Å². The van der Waals surface area contributed by atoms with Gasteiger partial charge >= 0.3 is 5.97 Å². The maximum absolute atomic E-state index is 13.3. The second-order valence-corrected chi connectivity index (χ2v) is 10.5. The summed E-state index contributed by atoms with van der Waals surface area (Å²) < 4.78 is 11.7. The highest BCUT2D eigenvalue weighted by molar-refractivity contribution is 6.04. The van der Waals surface area contributed by atoms with Crippen LogP contribution in [-0.4, -0.2) is 37.5 Å². The molecule has 0 radical (unpaired) electrons. The van der Waals surface area contributed by atoms with Gasteiger partial charge in [-0.05, 0) is 80.1 Å². The van der Waals surface area contributed by atoms with E-state index in [2.05, 4.69) is 39.3 Å². The number of nitrogens with one attached hydrogen (secondary N) is 1. The molecule has 3 heterocycles. The van der Waals surface area contributed by atoms with Gasteiger partial charge in [0, 0.05) is 24.2 Å². The first-order valence-corrected chi connectivity index (χ1v) is 13.6. The van der Waals surface area contributed by atoms with E-state index in [0.717, 1.165) is 54.4 Å². The first-order valence-electron chi connectivity index (χ1n) is 13.6. The van der Waals surface area contributed by atoms with Gasteiger partial charge in [0.2, 0.25) is 5.89 Å². The van der Waals surface area contributed by atoms with Gasteiger partial charge in [-0.25, -0.2) is 9.78 Å². The molecule has 2 aromatic heterocycles. The zero-order chi connectivity index (χ0) is 27.4. The van der Waals surface area contributed by atoms with Crippen LogP contribution in [0.1, 0.15) is 68.6 Å². The van der Waals surface area contributed by atoms with E-state index in [4.69, 9.17) is 14.6 Å². The van der Waals surface area contributed by atoms with E-state index in [0.29, 0.717) is 18.7 Å². The first kappa shape index (κ1) is 26.6. The number of rotatable bonds is 9. The highest BCUT2D eigenvalue weighted by Gasteiger charge is 2.48. The van der Waals surface area contributed by atoms with E-state index in [1.807, 2.05) is 13.0 Å². The van der Waals surface area contributed by atoms with Gasteiger partial charge in [-0.1, -0.05) is 31.9 Å². The largest absolute Gasteiger partial charge is 0.512 e. The number of aromatic nitrogens is 3. The number of cyclic esters (lactones) is 1. The van der Waals surface area contributed by atoms with Crippen molar-refractivity contribution in [1.29, 1.82) is 5.41 Å². The van der Waals surface area contributed by atoms with Crippen molar-refractivity contribution in [1.82, 2.24) is 15.0 Å². The van der Waals surface area contributed by atoms with E-state index < -0.39 is 11.6 Å². The molecule has 0 spiro atoms. The van der Waals surface area contributed by atoms with Gasteiger partial charge in [0.15, 0.2) is 0 Å². The summed E-state index contributed by atoms with van der Waals surface area (Å²) in [4.78, 5) is 25.7. The number of nitrogens with zero attached hydrogens (tertiary/aromatic N) is 4. The fourth-order valence-corrected chi connectivity index (χ4v) is 5.77. The van der Waals surface area contributed by atoms with Gasteiger partial charge in [0.05, 0.1) is 17.7 Å². The van der Waals surface area contributed by atoms with E-state index in [9.17, 15) is 9.90 Å². The summed E-state index contributed by atoms with van der Waals surface area (Å²) in [6, 6.07) is 6.28. The number of aryl methyl sites for hydroxylation is 3. The fourth-order valence-electron chi connectivity index (χ4n) is 5.77. The third-order valence-corrected chi connectivity index (χ3v) is 7.85. The highest BCUT2D eigenvalue weighted by atomic mass is 16.6. The van der Waals surface area contributed by atoms with Crippen molar-refractivity contribution < 1.29 is 19.1 Å². The highest BCUT2D eigenvalue weighted by Crippen LogP contribution is 2.46. The van der Waals surface area contributed by atoms with Crippen molar-refractivity contribution in [3.63, 3.8) is 0 Å². The molecule has 9 nitrogen and oxygen atoms in total. The van der Waals surface area contributed by atoms with Crippen molar-refractivity contribution in [3.8, 4) is 11.5 Å². The molecule has 2 aliphatic rings. The van der Waals surface area contributed by atoms with Crippen LogP contribution >= 0.6 is 0 Å². The maximum Gasteiger partial charge on any atom is 0.338 e. The predicted octanol–water partition coefficient (Wildman–Crippen LogP) is 6.70. The first-order chi connectivity index (χ1) is 18.9. The van der Waals surface area contributed by atoms with E-state index in [-0.39, 0.29) is 41.9 Å². The minimum atomic E-state index is -0.770. The minimum absolute atomic E-state index is 0.00332. The third-order valence-electron chi connectivity index (χ3n) is 7.85. The molecule has 1 saturated carbocycles. The molecule has 1 aromatic carbocycles. The van der Waals surface area contributed by atoms with Crippen LogP contribution in [0.3, 0.4) is 0 Å². The number of amidine groups is 1. The Labute approximate surface area is 228 Å². The molecule has 1 aliphatic carbocycles. The molecule has 1 atom stereocenters. The Bertz CT molecular complexity index is 1360. The van der Waals surface area contributed by atoms with Crippen LogP contribution in [0.25, 0.3) is 16.8 Å². The lowest BCUT2D eigenvalue weighted by Crippen LogP contribution is -2.46. The summed E-state index contributed by atoms with van der Waals surface area (Å²) in [5, 5.41) is 23.4. The van der Waals surface area contributed by atoms with Crippen LogP contribution < -0.4 is 0 Å². The molecule has 0 amide bonds. The van der Waals surface area contributed by atoms with Gasteiger partial charge in [-0.3, -0.25) is 0 Å². The van der Waals surface area contributed by atoms with Crippen molar-refractivity contribution in [2.24, 2.45) is 5.92 Å². The molecule has 9 heteroatoms. The number of benzene rings is 1. The number of hydrogen-bond donors (Lipinski definition) is 2. The molecule has 5 rings (SSSR count). The molecular formula is C30H34N5O4-. The summed E-state index contributed by atoms with van der Waals surface area (Å²) in [5.74, 6) is 0.267. The third kappa shape index (κ3) is 5.87. The van der Waals surface area contributed by atoms with Gasteiger partial charge in [-0.15, -0.1) is 0 Å². The standard InChI is InChI=1S/C30H35N5O4/c1-3-21-14-20(8-9-23(21)27-32-12-13-38-27)10-11-30(22-6-4-5-7-22)16-25(36)24(28(37)39-30)15-26(31)35-29-33-17-19(2)18-34-29/h8-9,12-14,17-18,22H,3-7,10-11,15-16H2,1-2H3,(H3,31,33,34,35,36,37)/p-1. The van der Waals surface area contributed by atoms with Gasteiger partial charge in [-0.2, -0.15) is 0 Å². The molecule has 1 fully saturated rings. The van der Waals surface area contributed by atoms with Crippen molar-refractivity contribution in [2.45, 2.75) is 77.2 Å². The number of aliphatic hydroxyl groups excluding tert-OH is 1. The number of ether oxygens (including phenoxy) is 1. The number of carbonyl (C=O) groups excluding carboxylic acids is 1. The van der Waals surface area contributed by atoms with Gasteiger partial charge in [0.25, 0.3) is 0 Å². The Hall–Kier alpha value is -4.01. The van der Waals surface area contributed by atoms with Crippen molar-refractivity contribution >= 4 is 17.8 Å². The van der Waals surface area contributed by atoms with Crippen LogP contribution in [0.15, 0.2) is 58.8 Å². The Balaban J connectivity index is 1.33. The second-order valence-electron chi connectivity index (χ2n) is 10.5. The molecule has 204 valence electrons. The minimum Gasteiger partial charge on any atom is -0.512 e. The number of oxazole rings is 1. The fraction of sp³-hybridized carbons (Fsp3) is 0.433. The SMILES string of the molecule is CCc1cc(CCC2(C3CCCC3)CC(O)=C(CC(=N)[N-]c3ncc(C)cn3)C(=O)O2)ccc1-c1ncco1. The topological polar surface area (TPSA) is 136 Å². The summed E-state index contributed by atoms with van der Waals surface area (Å²) >= 11 is 0. The molecule has 39 heavy (non-hydrogen) atoms. The summed E-state index contributed by atoms with van der Waals surface area (Å²) in [6.07, 6.45) is 12.8. The van der Waals surface area contributed by atoms with Crippen LogP contribution in [0.2, 0.25) is 0 Å². The quantitative estimate of drug-likeness (QED) is 0.179.